The Labute approximate surface area is 179 Å². The summed E-state index contributed by atoms with van der Waals surface area (Å²) >= 11 is 0. The van der Waals surface area contributed by atoms with E-state index in [1.807, 2.05) is 0 Å². The zero-order valence-corrected chi connectivity index (χ0v) is 17.5. The van der Waals surface area contributed by atoms with Crippen molar-refractivity contribution in [1.29, 1.82) is 0 Å². The first kappa shape index (κ1) is 23.8. The second-order valence-corrected chi connectivity index (χ2v) is 7.09. The minimum atomic E-state index is -1.48. The molecule has 0 aliphatic heterocycles. The molecule has 2 aromatic rings. The SMILES string of the molecule is CC(=O)Oc1ccc(/C=C/c2cc(OC(C)=O)cc(OC(=O)C(C)(CO)CO)c2)cc1. The summed E-state index contributed by atoms with van der Waals surface area (Å²) in [4.78, 5) is 34.7. The van der Waals surface area contributed by atoms with Gasteiger partial charge in [-0.3, -0.25) is 14.4 Å². The number of ether oxygens (including phenoxy) is 3. The predicted molar refractivity (Wildman–Crippen MR) is 112 cm³/mol. The van der Waals surface area contributed by atoms with Crippen molar-refractivity contribution in [3.8, 4) is 17.2 Å². The Kier molecular flexibility index (Phi) is 8.07. The van der Waals surface area contributed by atoms with Gasteiger partial charge in [0, 0.05) is 19.9 Å². The van der Waals surface area contributed by atoms with Crippen LogP contribution >= 0.6 is 0 Å². The first-order valence-electron chi connectivity index (χ1n) is 9.39. The molecule has 0 spiro atoms. The van der Waals surface area contributed by atoms with Crippen molar-refractivity contribution in [1.82, 2.24) is 0 Å². The highest BCUT2D eigenvalue weighted by Gasteiger charge is 2.34. The van der Waals surface area contributed by atoms with Crippen LogP contribution in [0.25, 0.3) is 12.2 Å². The van der Waals surface area contributed by atoms with Gasteiger partial charge in [-0.1, -0.05) is 24.3 Å². The van der Waals surface area contributed by atoms with Crippen LogP contribution in [-0.2, 0) is 14.4 Å². The van der Waals surface area contributed by atoms with Gasteiger partial charge in [0.15, 0.2) is 0 Å². The fourth-order valence-corrected chi connectivity index (χ4v) is 2.39. The summed E-state index contributed by atoms with van der Waals surface area (Å²) in [6.45, 7) is 2.74. The van der Waals surface area contributed by atoms with E-state index in [-0.39, 0.29) is 11.5 Å². The van der Waals surface area contributed by atoms with Gasteiger partial charge in [0.05, 0.1) is 13.2 Å². The maximum absolute atomic E-state index is 12.3. The van der Waals surface area contributed by atoms with E-state index in [1.54, 1.807) is 48.6 Å². The number of rotatable bonds is 8. The average molecular weight is 428 g/mol. The third-order valence-electron chi connectivity index (χ3n) is 4.18. The molecule has 0 atom stereocenters. The Morgan fingerprint density at radius 1 is 0.774 bits per heavy atom. The van der Waals surface area contributed by atoms with Gasteiger partial charge in [0.2, 0.25) is 0 Å². The molecule has 2 rings (SSSR count). The molecule has 0 unspecified atom stereocenters. The lowest BCUT2D eigenvalue weighted by molar-refractivity contribution is -0.150. The quantitative estimate of drug-likeness (QED) is 0.374. The largest absolute Gasteiger partial charge is 0.427 e. The number of hydrogen-bond donors (Lipinski definition) is 2. The second-order valence-electron chi connectivity index (χ2n) is 7.09. The van der Waals surface area contributed by atoms with Gasteiger partial charge in [-0.15, -0.1) is 0 Å². The molecule has 0 amide bonds. The molecule has 0 bridgehead atoms. The summed E-state index contributed by atoms with van der Waals surface area (Å²) in [5.41, 5.74) is -0.0993. The van der Waals surface area contributed by atoms with Crippen molar-refractivity contribution in [3.63, 3.8) is 0 Å². The van der Waals surface area contributed by atoms with Crippen LogP contribution in [0.15, 0.2) is 42.5 Å². The Balaban J connectivity index is 2.28. The number of aliphatic hydroxyl groups excluding tert-OH is 2. The molecule has 31 heavy (non-hydrogen) atoms. The van der Waals surface area contributed by atoms with E-state index in [0.717, 1.165) is 5.56 Å². The predicted octanol–water partition coefficient (Wildman–Crippen LogP) is 2.60. The van der Waals surface area contributed by atoms with Gasteiger partial charge in [-0.05, 0) is 42.3 Å². The molecule has 0 radical (unpaired) electrons. The molecule has 164 valence electrons. The smallest absolute Gasteiger partial charge is 0.321 e. The zero-order valence-electron chi connectivity index (χ0n) is 17.5. The maximum Gasteiger partial charge on any atom is 0.321 e. The van der Waals surface area contributed by atoms with Crippen LogP contribution in [0.5, 0.6) is 17.2 Å². The molecule has 0 aliphatic carbocycles. The van der Waals surface area contributed by atoms with Gasteiger partial charge >= 0.3 is 17.9 Å². The Morgan fingerprint density at radius 3 is 1.77 bits per heavy atom. The summed E-state index contributed by atoms with van der Waals surface area (Å²) in [6.07, 6.45) is 3.48. The molecule has 0 saturated heterocycles. The molecule has 8 nitrogen and oxygen atoms in total. The highest BCUT2D eigenvalue weighted by molar-refractivity contribution is 5.80. The topological polar surface area (TPSA) is 119 Å². The van der Waals surface area contributed by atoms with E-state index in [4.69, 9.17) is 14.2 Å². The van der Waals surface area contributed by atoms with E-state index >= 15 is 0 Å². The lowest BCUT2D eigenvalue weighted by Crippen LogP contribution is -2.38. The van der Waals surface area contributed by atoms with Crippen LogP contribution in [0.1, 0.15) is 31.9 Å². The van der Waals surface area contributed by atoms with Crippen LogP contribution in [0, 0.1) is 5.41 Å². The van der Waals surface area contributed by atoms with E-state index < -0.39 is 36.5 Å². The minimum Gasteiger partial charge on any atom is -0.427 e. The fourth-order valence-electron chi connectivity index (χ4n) is 2.39. The van der Waals surface area contributed by atoms with Crippen molar-refractivity contribution >= 4 is 30.1 Å². The molecule has 0 heterocycles. The van der Waals surface area contributed by atoms with Gasteiger partial charge in [-0.2, -0.15) is 0 Å². The van der Waals surface area contributed by atoms with Crippen LogP contribution in [-0.4, -0.2) is 41.3 Å². The van der Waals surface area contributed by atoms with Gasteiger partial charge in [0.25, 0.3) is 0 Å². The number of carbonyl (C=O) groups is 3. The average Bonchev–Trinajstić information content (AvgIpc) is 2.71. The first-order chi connectivity index (χ1) is 14.6. The Morgan fingerprint density at radius 2 is 1.26 bits per heavy atom. The van der Waals surface area contributed by atoms with Crippen molar-refractivity contribution < 1.29 is 38.8 Å². The number of aliphatic hydroxyl groups is 2. The van der Waals surface area contributed by atoms with Crippen molar-refractivity contribution in [2.24, 2.45) is 5.41 Å². The number of esters is 3. The molecule has 0 saturated carbocycles. The monoisotopic (exact) mass is 428 g/mol. The van der Waals surface area contributed by atoms with Crippen molar-refractivity contribution in [2.45, 2.75) is 20.8 Å². The lowest BCUT2D eigenvalue weighted by atomic mass is 9.93. The highest BCUT2D eigenvalue weighted by Crippen LogP contribution is 2.27. The summed E-state index contributed by atoms with van der Waals surface area (Å²) in [7, 11) is 0. The molecule has 8 heteroatoms. The molecular formula is C23H24O8. The minimum absolute atomic E-state index is 0.0849. The number of carbonyl (C=O) groups excluding carboxylic acids is 3. The summed E-state index contributed by atoms with van der Waals surface area (Å²) in [5.74, 6) is -1.11. The highest BCUT2D eigenvalue weighted by atomic mass is 16.5. The Bertz CT molecular complexity index is 972. The fraction of sp³-hybridized carbons (Fsp3) is 0.261. The third kappa shape index (κ3) is 7.06. The molecule has 0 fully saturated rings. The molecule has 0 aromatic heterocycles. The van der Waals surface area contributed by atoms with E-state index in [2.05, 4.69) is 0 Å². The first-order valence-corrected chi connectivity index (χ1v) is 9.39. The molecule has 2 aromatic carbocycles. The van der Waals surface area contributed by atoms with Crippen LogP contribution in [0.2, 0.25) is 0 Å². The third-order valence-corrected chi connectivity index (χ3v) is 4.18. The Hall–Kier alpha value is -3.49. The summed E-state index contributed by atoms with van der Waals surface area (Å²) < 4.78 is 15.4. The van der Waals surface area contributed by atoms with Crippen LogP contribution < -0.4 is 14.2 Å². The molecule has 2 N–H and O–H groups in total. The summed E-state index contributed by atoms with van der Waals surface area (Å²) in [5, 5.41) is 18.7. The van der Waals surface area contributed by atoms with E-state index in [9.17, 15) is 24.6 Å². The standard InChI is InChI=1S/C23H24O8/c1-15(26)29-19-8-6-17(7-9-19)4-5-18-10-20(30-16(2)27)12-21(11-18)31-22(28)23(3,13-24)14-25/h4-12,24-25H,13-14H2,1-3H3/b5-4+. The van der Waals surface area contributed by atoms with Crippen LogP contribution in [0.3, 0.4) is 0 Å². The lowest BCUT2D eigenvalue weighted by Gasteiger charge is -2.22. The van der Waals surface area contributed by atoms with Crippen LogP contribution in [0.4, 0.5) is 0 Å². The summed E-state index contributed by atoms with van der Waals surface area (Å²) in [6, 6.07) is 11.3. The van der Waals surface area contributed by atoms with Crippen molar-refractivity contribution in [2.75, 3.05) is 13.2 Å². The number of hydrogen-bond acceptors (Lipinski definition) is 8. The molecular weight excluding hydrogens is 404 g/mol. The van der Waals surface area contributed by atoms with E-state index in [1.165, 1.54) is 26.8 Å². The number of benzene rings is 2. The van der Waals surface area contributed by atoms with Gasteiger partial charge in [0.1, 0.15) is 22.7 Å². The second kappa shape index (κ2) is 10.5. The normalized spacial score (nSPS) is 11.3. The molecule has 0 aliphatic rings. The zero-order chi connectivity index (χ0) is 23.0. The van der Waals surface area contributed by atoms with Gasteiger partial charge < -0.3 is 24.4 Å². The van der Waals surface area contributed by atoms with Gasteiger partial charge in [-0.25, -0.2) is 0 Å². The van der Waals surface area contributed by atoms with E-state index in [0.29, 0.717) is 11.3 Å². The maximum atomic E-state index is 12.3. The van der Waals surface area contributed by atoms with Crippen molar-refractivity contribution in [3.05, 3.63) is 53.6 Å².